The number of hydrogen-bond acceptors (Lipinski definition) is 5. The summed E-state index contributed by atoms with van der Waals surface area (Å²) >= 11 is 0. The molecule has 0 aliphatic rings. The summed E-state index contributed by atoms with van der Waals surface area (Å²) in [5, 5.41) is 7.60. The van der Waals surface area contributed by atoms with E-state index in [9.17, 15) is 9.59 Å². The molecule has 1 heterocycles. The molecule has 110 valence electrons. The quantitative estimate of drug-likeness (QED) is 0.702. The van der Waals surface area contributed by atoms with Crippen molar-refractivity contribution in [3.63, 3.8) is 0 Å². The normalized spacial score (nSPS) is 11.6. The van der Waals surface area contributed by atoms with Gasteiger partial charge in [-0.15, -0.1) is 0 Å². The van der Waals surface area contributed by atoms with Crippen LogP contribution in [0, 0.1) is 0 Å². The Bertz CT molecular complexity index is 447. The molecule has 1 unspecified atom stereocenters. The molecule has 7 heteroatoms. The van der Waals surface area contributed by atoms with Crippen molar-refractivity contribution in [2.24, 2.45) is 0 Å². The summed E-state index contributed by atoms with van der Waals surface area (Å²) in [7, 11) is 1.43. The smallest absolute Gasteiger partial charge is 0.321 e. The Morgan fingerprint density at radius 1 is 1.40 bits per heavy atom. The maximum atomic E-state index is 11.6. The van der Waals surface area contributed by atoms with Gasteiger partial charge in [0.05, 0.1) is 11.9 Å². The monoisotopic (exact) mass is 280 g/mol. The lowest BCUT2D eigenvalue weighted by Gasteiger charge is -2.14. The first-order chi connectivity index (χ1) is 9.56. The SMILES string of the molecule is CCNCc1ccc(OC(C)C(=O)NC(=O)NC)cn1. The lowest BCUT2D eigenvalue weighted by molar-refractivity contribution is -0.126. The van der Waals surface area contributed by atoms with Gasteiger partial charge in [-0.25, -0.2) is 4.79 Å². The highest BCUT2D eigenvalue weighted by Crippen LogP contribution is 2.11. The molecule has 20 heavy (non-hydrogen) atoms. The Morgan fingerprint density at radius 3 is 2.70 bits per heavy atom. The van der Waals surface area contributed by atoms with Gasteiger partial charge in [0.25, 0.3) is 5.91 Å². The molecule has 0 aliphatic heterocycles. The molecule has 0 aliphatic carbocycles. The highest BCUT2D eigenvalue weighted by molar-refractivity contribution is 5.96. The second-order valence-electron chi connectivity index (χ2n) is 4.09. The minimum Gasteiger partial charge on any atom is -0.479 e. The third kappa shape index (κ3) is 5.23. The standard InChI is InChI=1S/C13H20N4O3/c1-4-15-7-10-5-6-11(8-16-10)20-9(2)12(18)17-13(19)14-3/h5-6,8-9,15H,4,7H2,1-3H3,(H2,14,17,18,19). The molecule has 1 aromatic heterocycles. The van der Waals surface area contributed by atoms with Crippen molar-refractivity contribution in [2.75, 3.05) is 13.6 Å². The zero-order valence-corrected chi connectivity index (χ0v) is 11.9. The van der Waals surface area contributed by atoms with E-state index in [-0.39, 0.29) is 0 Å². The third-order valence-corrected chi connectivity index (χ3v) is 2.50. The van der Waals surface area contributed by atoms with Crippen molar-refractivity contribution in [2.45, 2.75) is 26.5 Å². The number of amides is 3. The third-order valence-electron chi connectivity index (χ3n) is 2.50. The summed E-state index contributed by atoms with van der Waals surface area (Å²) < 4.78 is 5.41. The van der Waals surface area contributed by atoms with E-state index in [0.717, 1.165) is 12.2 Å². The maximum absolute atomic E-state index is 11.6. The number of imide groups is 1. The molecule has 0 saturated carbocycles. The summed E-state index contributed by atoms with van der Waals surface area (Å²) in [6, 6.07) is 3.00. The van der Waals surface area contributed by atoms with Crippen molar-refractivity contribution in [3.8, 4) is 5.75 Å². The molecule has 0 fully saturated rings. The molecule has 0 spiro atoms. The Hall–Kier alpha value is -2.15. The van der Waals surface area contributed by atoms with Crippen molar-refractivity contribution in [1.29, 1.82) is 0 Å². The molecular weight excluding hydrogens is 260 g/mol. The van der Waals surface area contributed by atoms with Gasteiger partial charge < -0.3 is 15.4 Å². The van der Waals surface area contributed by atoms with Gasteiger partial charge >= 0.3 is 6.03 Å². The van der Waals surface area contributed by atoms with Crippen LogP contribution in [0.4, 0.5) is 4.79 Å². The summed E-state index contributed by atoms with van der Waals surface area (Å²) in [5.41, 5.74) is 0.890. The summed E-state index contributed by atoms with van der Waals surface area (Å²) in [6.45, 7) is 5.13. The zero-order chi connectivity index (χ0) is 15.0. The maximum Gasteiger partial charge on any atom is 0.321 e. The summed E-state index contributed by atoms with van der Waals surface area (Å²) in [4.78, 5) is 26.8. The van der Waals surface area contributed by atoms with Crippen LogP contribution in [-0.2, 0) is 11.3 Å². The molecule has 7 nitrogen and oxygen atoms in total. The molecule has 3 amide bonds. The Morgan fingerprint density at radius 2 is 2.15 bits per heavy atom. The van der Waals surface area contributed by atoms with Crippen LogP contribution >= 0.6 is 0 Å². The molecule has 1 atom stereocenters. The number of hydrogen-bond donors (Lipinski definition) is 3. The van der Waals surface area contributed by atoms with E-state index in [1.807, 2.05) is 13.0 Å². The predicted octanol–water partition coefficient (Wildman–Crippen LogP) is 0.414. The molecule has 1 rings (SSSR count). The average molecular weight is 280 g/mol. The summed E-state index contributed by atoms with van der Waals surface area (Å²) in [5.74, 6) is -0.0362. The molecule has 0 radical (unpaired) electrons. The second-order valence-corrected chi connectivity index (χ2v) is 4.09. The minimum atomic E-state index is -0.784. The molecule has 0 saturated heterocycles. The van der Waals surface area contributed by atoms with Gasteiger partial charge in [-0.2, -0.15) is 0 Å². The van der Waals surface area contributed by atoms with Crippen LogP contribution in [0.2, 0.25) is 0 Å². The summed E-state index contributed by atoms with van der Waals surface area (Å²) in [6.07, 6.45) is 0.768. The van der Waals surface area contributed by atoms with E-state index in [1.165, 1.54) is 7.05 Å². The van der Waals surface area contributed by atoms with Crippen LogP contribution in [0.1, 0.15) is 19.5 Å². The molecular formula is C13H20N4O3. The number of nitrogens with zero attached hydrogens (tertiary/aromatic N) is 1. The van der Waals surface area contributed by atoms with Gasteiger partial charge in [0.1, 0.15) is 5.75 Å². The fourth-order valence-corrected chi connectivity index (χ4v) is 1.37. The van der Waals surface area contributed by atoms with Crippen LogP contribution < -0.4 is 20.7 Å². The first kappa shape index (κ1) is 15.9. The van der Waals surface area contributed by atoms with E-state index < -0.39 is 18.0 Å². The Kier molecular flexibility index (Phi) is 6.45. The number of rotatable bonds is 6. The number of ether oxygens (including phenoxy) is 1. The lowest BCUT2D eigenvalue weighted by Crippen LogP contribution is -2.43. The van der Waals surface area contributed by atoms with Crippen LogP contribution in [0.25, 0.3) is 0 Å². The number of aromatic nitrogens is 1. The number of pyridine rings is 1. The van der Waals surface area contributed by atoms with Gasteiger partial charge in [-0.1, -0.05) is 6.92 Å². The number of nitrogens with one attached hydrogen (secondary N) is 3. The van der Waals surface area contributed by atoms with Crippen molar-refractivity contribution in [3.05, 3.63) is 24.0 Å². The highest BCUT2D eigenvalue weighted by atomic mass is 16.5. The highest BCUT2D eigenvalue weighted by Gasteiger charge is 2.16. The fourth-order valence-electron chi connectivity index (χ4n) is 1.37. The van der Waals surface area contributed by atoms with Gasteiger partial charge in [0.15, 0.2) is 6.10 Å². The van der Waals surface area contributed by atoms with E-state index in [1.54, 1.807) is 19.2 Å². The van der Waals surface area contributed by atoms with Crippen molar-refractivity contribution < 1.29 is 14.3 Å². The first-order valence-electron chi connectivity index (χ1n) is 6.41. The molecule has 0 bridgehead atoms. The molecule has 1 aromatic rings. The van der Waals surface area contributed by atoms with E-state index in [2.05, 4.69) is 20.9 Å². The minimum absolute atomic E-state index is 0.477. The number of urea groups is 1. The van der Waals surface area contributed by atoms with Gasteiger partial charge in [0.2, 0.25) is 0 Å². The van der Waals surface area contributed by atoms with E-state index in [0.29, 0.717) is 12.3 Å². The van der Waals surface area contributed by atoms with Crippen molar-refractivity contribution in [1.82, 2.24) is 20.9 Å². The Labute approximate surface area is 118 Å². The van der Waals surface area contributed by atoms with Crippen LogP contribution in [0.5, 0.6) is 5.75 Å². The van der Waals surface area contributed by atoms with E-state index >= 15 is 0 Å². The van der Waals surface area contributed by atoms with Crippen LogP contribution in [0.3, 0.4) is 0 Å². The zero-order valence-electron chi connectivity index (χ0n) is 11.9. The largest absolute Gasteiger partial charge is 0.479 e. The van der Waals surface area contributed by atoms with Gasteiger partial charge in [-0.05, 0) is 25.6 Å². The molecule has 0 aromatic carbocycles. The Balaban J connectivity index is 2.51. The molecule has 3 N–H and O–H groups in total. The topological polar surface area (TPSA) is 92.4 Å². The van der Waals surface area contributed by atoms with Crippen LogP contribution in [-0.4, -0.2) is 36.6 Å². The van der Waals surface area contributed by atoms with E-state index in [4.69, 9.17) is 4.74 Å². The van der Waals surface area contributed by atoms with Gasteiger partial charge in [0, 0.05) is 13.6 Å². The predicted molar refractivity (Wildman–Crippen MR) is 74.3 cm³/mol. The lowest BCUT2D eigenvalue weighted by atomic mass is 10.3. The van der Waals surface area contributed by atoms with Gasteiger partial charge in [-0.3, -0.25) is 15.1 Å². The first-order valence-corrected chi connectivity index (χ1v) is 6.41. The number of carbonyl (C=O) groups is 2. The second kappa shape index (κ2) is 8.11. The average Bonchev–Trinajstić information content (AvgIpc) is 2.46. The number of carbonyl (C=O) groups excluding carboxylic acids is 2. The van der Waals surface area contributed by atoms with Crippen LogP contribution in [0.15, 0.2) is 18.3 Å². The fraction of sp³-hybridized carbons (Fsp3) is 0.462. The van der Waals surface area contributed by atoms with Crippen molar-refractivity contribution >= 4 is 11.9 Å².